The number of hydrogen-bond donors (Lipinski definition) is 0. The molecule has 1 aromatic carbocycles. The number of aryl methyl sites for hydroxylation is 1. The average Bonchev–Trinajstić information content (AvgIpc) is 2.49. The Hall–Kier alpha value is -1.30. The van der Waals surface area contributed by atoms with Crippen LogP contribution in [0.2, 0.25) is 0 Å². The number of halogens is 3. The highest BCUT2D eigenvalue weighted by molar-refractivity contribution is 9.10. The van der Waals surface area contributed by atoms with E-state index in [1.807, 2.05) is 0 Å². The summed E-state index contributed by atoms with van der Waals surface area (Å²) in [7, 11) is 0. The molecule has 15 heavy (non-hydrogen) atoms. The van der Waals surface area contributed by atoms with Gasteiger partial charge in [0.15, 0.2) is 0 Å². The summed E-state index contributed by atoms with van der Waals surface area (Å²) in [6.07, 6.45) is 0. The zero-order chi connectivity index (χ0) is 11.0. The van der Waals surface area contributed by atoms with Gasteiger partial charge in [0.05, 0.1) is 5.56 Å². The lowest BCUT2D eigenvalue weighted by molar-refractivity contribution is 0.393. The molecular weight excluding hydrogens is 270 g/mol. The van der Waals surface area contributed by atoms with Crippen LogP contribution in [0.1, 0.15) is 5.89 Å². The minimum Gasteiger partial charge on any atom is -0.339 e. The van der Waals surface area contributed by atoms with E-state index in [1.54, 1.807) is 6.92 Å². The summed E-state index contributed by atoms with van der Waals surface area (Å²) in [6, 6.07) is 2.29. The first-order chi connectivity index (χ1) is 7.08. The van der Waals surface area contributed by atoms with E-state index in [0.29, 0.717) is 4.47 Å². The van der Waals surface area contributed by atoms with Crippen LogP contribution in [-0.4, -0.2) is 10.1 Å². The maximum atomic E-state index is 13.4. The number of hydrogen-bond acceptors (Lipinski definition) is 3. The molecule has 0 saturated carbocycles. The Balaban J connectivity index is 2.62. The molecule has 3 nitrogen and oxygen atoms in total. The quantitative estimate of drug-likeness (QED) is 0.802. The van der Waals surface area contributed by atoms with Crippen molar-refractivity contribution in [2.75, 3.05) is 0 Å². The molecule has 0 spiro atoms. The van der Waals surface area contributed by atoms with Crippen molar-refractivity contribution in [3.63, 3.8) is 0 Å². The molecule has 0 radical (unpaired) electrons. The minimum absolute atomic E-state index is 0.0880. The van der Waals surface area contributed by atoms with Crippen molar-refractivity contribution in [1.29, 1.82) is 0 Å². The molecule has 78 valence electrons. The Kier molecular flexibility index (Phi) is 2.52. The number of rotatable bonds is 1. The molecule has 0 unspecified atom stereocenters. The van der Waals surface area contributed by atoms with Gasteiger partial charge in [0.25, 0.3) is 0 Å². The van der Waals surface area contributed by atoms with Gasteiger partial charge in [-0.25, -0.2) is 8.78 Å². The molecule has 0 aliphatic rings. The van der Waals surface area contributed by atoms with Gasteiger partial charge in [0, 0.05) is 11.4 Å². The second-order valence-electron chi connectivity index (χ2n) is 2.88. The molecular formula is C9H5BrF2N2O. The molecule has 0 N–H and O–H groups in total. The third-order valence-corrected chi connectivity index (χ3v) is 2.22. The Morgan fingerprint density at radius 2 is 1.87 bits per heavy atom. The molecule has 0 saturated heterocycles. The first-order valence-corrected chi connectivity index (χ1v) is 4.82. The predicted octanol–water partition coefficient (Wildman–Crippen LogP) is 3.09. The minimum atomic E-state index is -0.734. The number of nitrogens with zero attached hydrogens (tertiary/aromatic N) is 2. The fourth-order valence-electron chi connectivity index (χ4n) is 1.16. The van der Waals surface area contributed by atoms with Crippen LogP contribution < -0.4 is 0 Å². The van der Waals surface area contributed by atoms with Gasteiger partial charge in [0.2, 0.25) is 11.7 Å². The van der Waals surface area contributed by atoms with Crippen molar-refractivity contribution in [2.24, 2.45) is 0 Å². The highest BCUT2D eigenvalue weighted by Gasteiger charge is 2.17. The highest BCUT2D eigenvalue weighted by atomic mass is 79.9. The Morgan fingerprint density at radius 1 is 1.27 bits per heavy atom. The van der Waals surface area contributed by atoms with E-state index in [2.05, 4.69) is 30.6 Å². The Labute approximate surface area is 92.2 Å². The normalized spacial score (nSPS) is 10.7. The van der Waals surface area contributed by atoms with Crippen LogP contribution >= 0.6 is 15.9 Å². The van der Waals surface area contributed by atoms with Crippen LogP contribution in [0.4, 0.5) is 8.78 Å². The molecule has 0 aliphatic heterocycles. The van der Waals surface area contributed by atoms with Gasteiger partial charge in [-0.15, -0.1) is 0 Å². The van der Waals surface area contributed by atoms with Crippen LogP contribution in [0.5, 0.6) is 0 Å². The standard InChI is InChI=1S/C9H5BrF2N2O/c1-4-13-9(14-15-4)8-6(11)2-5(10)3-7(8)12/h2-3H,1H3. The Morgan fingerprint density at radius 3 is 2.33 bits per heavy atom. The van der Waals surface area contributed by atoms with Crippen molar-refractivity contribution < 1.29 is 13.3 Å². The summed E-state index contributed by atoms with van der Waals surface area (Å²) in [4.78, 5) is 3.76. The molecule has 0 bridgehead atoms. The summed E-state index contributed by atoms with van der Waals surface area (Å²) < 4.78 is 31.8. The molecule has 1 heterocycles. The number of aromatic nitrogens is 2. The van der Waals surface area contributed by atoms with Gasteiger partial charge >= 0.3 is 0 Å². The zero-order valence-electron chi connectivity index (χ0n) is 7.59. The third-order valence-electron chi connectivity index (χ3n) is 1.76. The van der Waals surface area contributed by atoms with E-state index in [-0.39, 0.29) is 17.3 Å². The van der Waals surface area contributed by atoms with Gasteiger partial charge in [-0.05, 0) is 12.1 Å². The van der Waals surface area contributed by atoms with Gasteiger partial charge in [-0.1, -0.05) is 21.1 Å². The molecule has 0 atom stereocenters. The topological polar surface area (TPSA) is 38.9 Å². The van der Waals surface area contributed by atoms with Crippen LogP contribution in [0, 0.1) is 18.6 Å². The van der Waals surface area contributed by atoms with Crippen LogP contribution in [-0.2, 0) is 0 Å². The van der Waals surface area contributed by atoms with Gasteiger partial charge < -0.3 is 4.52 Å². The first kappa shape index (κ1) is 10.2. The highest BCUT2D eigenvalue weighted by Crippen LogP contribution is 2.26. The fourth-order valence-corrected chi connectivity index (χ4v) is 1.56. The summed E-state index contributed by atoms with van der Waals surface area (Å²) in [6.45, 7) is 1.55. The van der Waals surface area contributed by atoms with E-state index in [9.17, 15) is 8.78 Å². The lowest BCUT2D eigenvalue weighted by Crippen LogP contribution is -1.92. The summed E-state index contributed by atoms with van der Waals surface area (Å²) in [5.41, 5.74) is -0.282. The summed E-state index contributed by atoms with van der Waals surface area (Å²) in [5, 5.41) is 3.46. The Bertz CT molecular complexity index is 490. The summed E-state index contributed by atoms with van der Waals surface area (Å²) >= 11 is 2.98. The van der Waals surface area contributed by atoms with Crippen molar-refractivity contribution in [1.82, 2.24) is 10.1 Å². The molecule has 0 aliphatic carbocycles. The van der Waals surface area contributed by atoms with Crippen LogP contribution in [0.3, 0.4) is 0 Å². The predicted molar refractivity (Wildman–Crippen MR) is 52.1 cm³/mol. The lowest BCUT2D eigenvalue weighted by Gasteiger charge is -2.00. The fraction of sp³-hybridized carbons (Fsp3) is 0.111. The maximum absolute atomic E-state index is 13.4. The molecule has 0 fully saturated rings. The van der Waals surface area contributed by atoms with Crippen LogP contribution in [0.15, 0.2) is 21.1 Å². The van der Waals surface area contributed by atoms with Crippen molar-refractivity contribution >= 4 is 15.9 Å². The molecule has 6 heteroatoms. The smallest absolute Gasteiger partial charge is 0.223 e. The van der Waals surface area contributed by atoms with E-state index in [1.165, 1.54) is 0 Å². The van der Waals surface area contributed by atoms with Gasteiger partial charge in [0.1, 0.15) is 11.6 Å². The van der Waals surface area contributed by atoms with Gasteiger partial charge in [-0.2, -0.15) is 4.98 Å². The van der Waals surface area contributed by atoms with Crippen molar-refractivity contribution in [3.05, 3.63) is 34.1 Å². The third kappa shape index (κ3) is 1.90. The second-order valence-corrected chi connectivity index (χ2v) is 3.80. The largest absolute Gasteiger partial charge is 0.339 e. The van der Waals surface area contributed by atoms with E-state index >= 15 is 0 Å². The van der Waals surface area contributed by atoms with E-state index in [0.717, 1.165) is 12.1 Å². The first-order valence-electron chi connectivity index (χ1n) is 4.03. The second kappa shape index (κ2) is 3.69. The molecule has 2 rings (SSSR count). The van der Waals surface area contributed by atoms with Crippen LogP contribution in [0.25, 0.3) is 11.4 Å². The number of benzene rings is 1. The van der Waals surface area contributed by atoms with Crippen molar-refractivity contribution in [2.45, 2.75) is 6.92 Å². The molecule has 2 aromatic rings. The SMILES string of the molecule is Cc1nc(-c2c(F)cc(Br)cc2F)no1. The van der Waals surface area contributed by atoms with E-state index < -0.39 is 11.6 Å². The molecule has 1 aromatic heterocycles. The van der Waals surface area contributed by atoms with E-state index in [4.69, 9.17) is 0 Å². The lowest BCUT2D eigenvalue weighted by atomic mass is 10.2. The summed E-state index contributed by atoms with van der Waals surface area (Å²) in [5.74, 6) is -1.30. The zero-order valence-corrected chi connectivity index (χ0v) is 9.18. The maximum Gasteiger partial charge on any atom is 0.223 e. The molecule has 0 amide bonds. The van der Waals surface area contributed by atoms with Crippen molar-refractivity contribution in [3.8, 4) is 11.4 Å². The average molecular weight is 275 g/mol. The monoisotopic (exact) mass is 274 g/mol. The van der Waals surface area contributed by atoms with Gasteiger partial charge in [-0.3, -0.25) is 0 Å².